The maximum Gasteiger partial charge on any atom is 0.204 e. The van der Waals surface area contributed by atoms with Crippen molar-refractivity contribution in [1.29, 1.82) is 0 Å². The van der Waals surface area contributed by atoms with Gasteiger partial charge in [-0.2, -0.15) is 0 Å². The lowest BCUT2D eigenvalue weighted by Crippen LogP contribution is -2.43. The van der Waals surface area contributed by atoms with Crippen LogP contribution >= 0.6 is 0 Å². The van der Waals surface area contributed by atoms with E-state index in [2.05, 4.69) is 34.0 Å². The minimum Gasteiger partial charge on any atom is -0.490 e. The van der Waals surface area contributed by atoms with Crippen LogP contribution in [0.3, 0.4) is 0 Å². The summed E-state index contributed by atoms with van der Waals surface area (Å²) >= 11 is 0. The van der Waals surface area contributed by atoms with Crippen LogP contribution in [0.25, 0.3) is 0 Å². The number of nitrogens with one attached hydrogen (secondary N) is 1. The Hall–Kier alpha value is -1.52. The van der Waals surface area contributed by atoms with Crippen molar-refractivity contribution in [2.75, 3.05) is 30.9 Å². The summed E-state index contributed by atoms with van der Waals surface area (Å²) < 4.78 is 5.47. The first-order chi connectivity index (χ1) is 8.69. The Morgan fingerprint density at radius 3 is 2.83 bits per heavy atom. The SMILES string of the molecule is CNc1ncnc(N2CCCC(C)C2C)c1OC. The van der Waals surface area contributed by atoms with Crippen molar-refractivity contribution in [3.05, 3.63) is 6.33 Å². The van der Waals surface area contributed by atoms with Gasteiger partial charge in [-0.05, 0) is 25.7 Å². The number of nitrogens with zero attached hydrogens (tertiary/aromatic N) is 3. The number of piperidine rings is 1. The molecule has 0 amide bonds. The zero-order valence-electron chi connectivity index (χ0n) is 11.6. The van der Waals surface area contributed by atoms with Gasteiger partial charge in [0.25, 0.3) is 0 Å². The highest BCUT2D eigenvalue weighted by Gasteiger charge is 2.28. The molecule has 1 aliphatic heterocycles. The summed E-state index contributed by atoms with van der Waals surface area (Å²) in [5.41, 5.74) is 0. The van der Waals surface area contributed by atoms with E-state index in [0.717, 1.165) is 23.9 Å². The van der Waals surface area contributed by atoms with Gasteiger partial charge in [0, 0.05) is 19.6 Å². The van der Waals surface area contributed by atoms with E-state index >= 15 is 0 Å². The lowest BCUT2D eigenvalue weighted by Gasteiger charge is -2.39. The molecule has 5 nitrogen and oxygen atoms in total. The van der Waals surface area contributed by atoms with Crippen LogP contribution < -0.4 is 15.0 Å². The van der Waals surface area contributed by atoms with Gasteiger partial charge >= 0.3 is 0 Å². The average Bonchev–Trinajstić information content (AvgIpc) is 2.41. The molecule has 0 radical (unpaired) electrons. The van der Waals surface area contributed by atoms with E-state index in [4.69, 9.17) is 4.74 Å². The molecule has 5 heteroatoms. The van der Waals surface area contributed by atoms with Crippen LogP contribution in [0.15, 0.2) is 6.33 Å². The molecule has 1 N–H and O–H groups in total. The molecule has 1 aliphatic rings. The molecule has 0 aromatic carbocycles. The van der Waals surface area contributed by atoms with E-state index in [1.54, 1.807) is 13.4 Å². The van der Waals surface area contributed by atoms with Crippen molar-refractivity contribution in [3.8, 4) is 5.75 Å². The van der Waals surface area contributed by atoms with Crippen LogP contribution in [0.4, 0.5) is 11.6 Å². The monoisotopic (exact) mass is 250 g/mol. The predicted octanol–water partition coefficient (Wildman–Crippen LogP) is 2.15. The Bertz CT molecular complexity index is 410. The number of hydrogen-bond acceptors (Lipinski definition) is 5. The van der Waals surface area contributed by atoms with Crippen molar-refractivity contribution >= 4 is 11.6 Å². The second-order valence-corrected chi connectivity index (χ2v) is 4.88. The Morgan fingerprint density at radius 1 is 1.39 bits per heavy atom. The summed E-state index contributed by atoms with van der Waals surface area (Å²) in [6, 6.07) is 0.479. The van der Waals surface area contributed by atoms with Crippen molar-refractivity contribution in [3.63, 3.8) is 0 Å². The minimum atomic E-state index is 0.479. The minimum absolute atomic E-state index is 0.479. The topological polar surface area (TPSA) is 50.3 Å². The van der Waals surface area contributed by atoms with Crippen LogP contribution in [0.2, 0.25) is 0 Å². The van der Waals surface area contributed by atoms with E-state index in [1.165, 1.54) is 12.8 Å². The largest absolute Gasteiger partial charge is 0.490 e. The fourth-order valence-electron chi connectivity index (χ4n) is 2.57. The van der Waals surface area contributed by atoms with Crippen molar-refractivity contribution in [2.24, 2.45) is 5.92 Å². The summed E-state index contributed by atoms with van der Waals surface area (Å²) in [5.74, 6) is 3.06. The molecule has 1 saturated heterocycles. The maximum absolute atomic E-state index is 5.47. The van der Waals surface area contributed by atoms with E-state index in [-0.39, 0.29) is 0 Å². The summed E-state index contributed by atoms with van der Waals surface area (Å²) in [6.45, 7) is 5.58. The zero-order chi connectivity index (χ0) is 13.1. The first-order valence-electron chi connectivity index (χ1n) is 6.52. The van der Waals surface area contributed by atoms with Crippen LogP contribution in [0.1, 0.15) is 26.7 Å². The Labute approximate surface area is 109 Å². The molecule has 2 atom stereocenters. The summed E-state index contributed by atoms with van der Waals surface area (Å²) in [6.07, 6.45) is 4.08. The number of methoxy groups -OCH3 is 1. The summed E-state index contributed by atoms with van der Waals surface area (Å²) in [5, 5.41) is 3.05. The van der Waals surface area contributed by atoms with Crippen molar-refractivity contribution < 1.29 is 4.74 Å². The summed E-state index contributed by atoms with van der Waals surface area (Å²) in [7, 11) is 3.51. The van der Waals surface area contributed by atoms with Gasteiger partial charge in [0.05, 0.1) is 7.11 Å². The van der Waals surface area contributed by atoms with Gasteiger partial charge in [-0.3, -0.25) is 0 Å². The van der Waals surface area contributed by atoms with E-state index in [1.807, 2.05) is 7.05 Å². The van der Waals surface area contributed by atoms with Crippen LogP contribution in [-0.2, 0) is 0 Å². The van der Waals surface area contributed by atoms with E-state index in [9.17, 15) is 0 Å². The first-order valence-corrected chi connectivity index (χ1v) is 6.52. The standard InChI is InChI=1S/C13H22N4O/c1-9-6-5-7-17(10(9)2)13-11(18-4)12(14-3)15-8-16-13/h8-10H,5-7H2,1-4H3,(H,14,15,16). The van der Waals surface area contributed by atoms with E-state index < -0.39 is 0 Å². The molecule has 0 aliphatic carbocycles. The highest BCUT2D eigenvalue weighted by atomic mass is 16.5. The van der Waals surface area contributed by atoms with Gasteiger partial charge in [-0.15, -0.1) is 0 Å². The van der Waals surface area contributed by atoms with Crippen LogP contribution in [0, 0.1) is 5.92 Å². The number of aromatic nitrogens is 2. The molecule has 100 valence electrons. The molecule has 0 bridgehead atoms. The second-order valence-electron chi connectivity index (χ2n) is 4.88. The van der Waals surface area contributed by atoms with Gasteiger partial charge in [-0.25, -0.2) is 9.97 Å². The fraction of sp³-hybridized carbons (Fsp3) is 0.692. The van der Waals surface area contributed by atoms with Crippen molar-refractivity contribution in [1.82, 2.24) is 9.97 Å². The quantitative estimate of drug-likeness (QED) is 0.890. The van der Waals surface area contributed by atoms with Gasteiger partial charge in [-0.1, -0.05) is 6.92 Å². The maximum atomic E-state index is 5.47. The third-order valence-corrected chi connectivity index (χ3v) is 3.87. The lowest BCUT2D eigenvalue weighted by atomic mass is 9.92. The molecule has 1 aromatic heterocycles. The van der Waals surface area contributed by atoms with Gasteiger partial charge in [0.2, 0.25) is 5.75 Å². The van der Waals surface area contributed by atoms with Gasteiger partial charge < -0.3 is 15.0 Å². The van der Waals surface area contributed by atoms with Crippen molar-refractivity contribution in [2.45, 2.75) is 32.7 Å². The highest BCUT2D eigenvalue weighted by Crippen LogP contribution is 2.36. The molecule has 1 fully saturated rings. The zero-order valence-corrected chi connectivity index (χ0v) is 11.6. The van der Waals surface area contributed by atoms with Crippen LogP contribution in [0.5, 0.6) is 5.75 Å². The molecule has 2 unspecified atom stereocenters. The Morgan fingerprint density at radius 2 is 2.17 bits per heavy atom. The molecule has 2 heterocycles. The average molecular weight is 250 g/mol. The summed E-state index contributed by atoms with van der Waals surface area (Å²) in [4.78, 5) is 10.9. The molecule has 18 heavy (non-hydrogen) atoms. The van der Waals surface area contributed by atoms with Crippen LogP contribution in [-0.4, -0.2) is 36.7 Å². The molecule has 1 aromatic rings. The highest BCUT2D eigenvalue weighted by molar-refractivity contribution is 5.65. The fourth-order valence-corrected chi connectivity index (χ4v) is 2.57. The first kappa shape index (κ1) is 12.9. The van der Waals surface area contributed by atoms with E-state index in [0.29, 0.717) is 12.0 Å². The smallest absolute Gasteiger partial charge is 0.204 e. The molecular formula is C13H22N4O. The number of ether oxygens (including phenoxy) is 1. The Kier molecular flexibility index (Phi) is 3.89. The molecular weight excluding hydrogens is 228 g/mol. The van der Waals surface area contributed by atoms with Gasteiger partial charge in [0.1, 0.15) is 6.33 Å². The third-order valence-electron chi connectivity index (χ3n) is 3.87. The van der Waals surface area contributed by atoms with Gasteiger partial charge in [0.15, 0.2) is 11.6 Å². The normalized spacial score (nSPS) is 23.9. The third kappa shape index (κ3) is 2.21. The predicted molar refractivity (Wildman–Crippen MR) is 73.3 cm³/mol. The second kappa shape index (κ2) is 5.42. The Balaban J connectivity index is 2.37. The number of hydrogen-bond donors (Lipinski definition) is 1. The molecule has 0 spiro atoms. The number of rotatable bonds is 3. The molecule has 2 rings (SSSR count). The molecule has 0 saturated carbocycles. The number of anilines is 2. The lowest BCUT2D eigenvalue weighted by molar-refractivity contribution is 0.353.